The van der Waals surface area contributed by atoms with E-state index in [0.29, 0.717) is 6.04 Å². The standard InChI is InChI=1S/C18H26ClN3/c1-4-22(5-2)12-6-7-14(3)21-17-10-11-20-18-13-15(19)8-9-16(17)18/h8-11,13-14H,4-7,12H2,1-3H3,(H,20,21)/p+2/t14-/m0/s1. The van der Waals surface area contributed by atoms with Gasteiger partial charge in [-0.05, 0) is 45.7 Å². The number of hydrogen-bond donors (Lipinski definition) is 2. The minimum absolute atomic E-state index is 0.469. The first kappa shape index (κ1) is 17.0. The highest BCUT2D eigenvalue weighted by Gasteiger charge is 2.10. The summed E-state index contributed by atoms with van der Waals surface area (Å²) in [6.45, 7) is 10.5. The van der Waals surface area contributed by atoms with Crippen molar-refractivity contribution in [3.63, 3.8) is 0 Å². The van der Waals surface area contributed by atoms with Gasteiger partial charge in [0.2, 0.25) is 5.52 Å². The molecule has 1 aromatic carbocycles. The molecule has 2 rings (SSSR count). The fourth-order valence-corrected chi connectivity index (χ4v) is 3.07. The van der Waals surface area contributed by atoms with E-state index in [1.54, 1.807) is 4.90 Å². The van der Waals surface area contributed by atoms with Crippen molar-refractivity contribution in [1.82, 2.24) is 0 Å². The Labute approximate surface area is 138 Å². The Hall–Kier alpha value is -1.32. The number of quaternary nitrogens is 1. The van der Waals surface area contributed by atoms with Gasteiger partial charge in [-0.25, -0.2) is 4.98 Å². The third-order valence-corrected chi connectivity index (χ3v) is 4.57. The van der Waals surface area contributed by atoms with E-state index in [1.165, 1.54) is 43.5 Å². The molecule has 0 fully saturated rings. The van der Waals surface area contributed by atoms with Crippen LogP contribution < -0.4 is 15.2 Å². The number of pyridine rings is 1. The van der Waals surface area contributed by atoms with Gasteiger partial charge in [0.05, 0.1) is 30.7 Å². The number of hydrogen-bond acceptors (Lipinski definition) is 1. The maximum absolute atomic E-state index is 6.06. The molecule has 2 aromatic rings. The van der Waals surface area contributed by atoms with Gasteiger partial charge in [0.25, 0.3) is 0 Å². The summed E-state index contributed by atoms with van der Waals surface area (Å²) < 4.78 is 0. The highest BCUT2D eigenvalue weighted by atomic mass is 35.5. The first-order chi connectivity index (χ1) is 10.6. The number of aromatic nitrogens is 1. The Balaban J connectivity index is 1.95. The van der Waals surface area contributed by atoms with Crippen LogP contribution in [-0.4, -0.2) is 25.7 Å². The highest BCUT2D eigenvalue weighted by Crippen LogP contribution is 2.23. The summed E-state index contributed by atoms with van der Waals surface area (Å²) in [5.41, 5.74) is 2.24. The molecule has 1 aromatic heterocycles. The van der Waals surface area contributed by atoms with Gasteiger partial charge in [0.1, 0.15) is 0 Å². The molecule has 1 heterocycles. The number of fused-ring (bicyclic) bond motifs is 1. The van der Waals surface area contributed by atoms with Crippen LogP contribution in [0.15, 0.2) is 30.5 Å². The van der Waals surface area contributed by atoms with Gasteiger partial charge in [-0.2, -0.15) is 0 Å². The molecule has 0 aliphatic rings. The summed E-state index contributed by atoms with van der Waals surface area (Å²) in [4.78, 5) is 4.93. The van der Waals surface area contributed by atoms with Crippen molar-refractivity contribution >= 4 is 28.2 Å². The molecule has 1 atom stereocenters. The minimum atomic E-state index is 0.469. The van der Waals surface area contributed by atoms with Gasteiger partial charge in [-0.15, -0.1) is 0 Å². The third-order valence-electron chi connectivity index (χ3n) is 4.33. The van der Waals surface area contributed by atoms with Crippen LogP contribution in [0.3, 0.4) is 0 Å². The molecule has 0 bridgehead atoms. The first-order valence-corrected chi connectivity index (χ1v) is 8.71. The van der Waals surface area contributed by atoms with Crippen LogP contribution >= 0.6 is 11.6 Å². The van der Waals surface area contributed by atoms with Crippen molar-refractivity contribution in [3.8, 4) is 0 Å². The molecule has 0 amide bonds. The summed E-state index contributed by atoms with van der Waals surface area (Å²) in [6.07, 6.45) is 4.42. The molecule has 0 spiro atoms. The quantitative estimate of drug-likeness (QED) is 0.769. The largest absolute Gasteiger partial charge is 0.382 e. The Kier molecular flexibility index (Phi) is 6.47. The van der Waals surface area contributed by atoms with E-state index >= 15 is 0 Å². The van der Waals surface area contributed by atoms with Gasteiger partial charge < -0.3 is 10.2 Å². The molecule has 0 aliphatic carbocycles. The Morgan fingerprint density at radius 1 is 1.23 bits per heavy atom. The second-order valence-electron chi connectivity index (χ2n) is 5.98. The van der Waals surface area contributed by atoms with Crippen LogP contribution in [0.25, 0.3) is 10.9 Å². The maximum atomic E-state index is 6.06. The van der Waals surface area contributed by atoms with Crippen LogP contribution in [0.5, 0.6) is 0 Å². The van der Waals surface area contributed by atoms with Crippen molar-refractivity contribution in [2.75, 3.05) is 25.0 Å². The van der Waals surface area contributed by atoms with Crippen molar-refractivity contribution in [2.24, 2.45) is 0 Å². The predicted octanol–water partition coefficient (Wildman–Crippen LogP) is 2.81. The molecule has 4 heteroatoms. The number of halogens is 1. The third kappa shape index (κ3) is 4.59. The zero-order valence-corrected chi connectivity index (χ0v) is 14.6. The fraction of sp³-hybridized carbons (Fsp3) is 0.500. The molecule has 0 radical (unpaired) electrons. The number of nitrogens with one attached hydrogen (secondary N) is 3. The number of aromatic amines is 1. The number of H-pyrrole nitrogens is 1. The van der Waals surface area contributed by atoms with E-state index < -0.39 is 0 Å². The molecular formula is C18H28ClN3+2. The summed E-state index contributed by atoms with van der Waals surface area (Å²) in [5.74, 6) is 0. The van der Waals surface area contributed by atoms with Crippen molar-refractivity contribution in [3.05, 3.63) is 35.5 Å². The summed E-state index contributed by atoms with van der Waals surface area (Å²) in [6, 6.07) is 8.55. The highest BCUT2D eigenvalue weighted by molar-refractivity contribution is 6.31. The van der Waals surface area contributed by atoms with E-state index in [9.17, 15) is 0 Å². The van der Waals surface area contributed by atoms with Gasteiger partial charge in [0, 0.05) is 23.2 Å². The summed E-state index contributed by atoms with van der Waals surface area (Å²) >= 11 is 6.06. The Morgan fingerprint density at radius 2 is 2.00 bits per heavy atom. The van der Waals surface area contributed by atoms with Crippen LogP contribution in [0.1, 0.15) is 33.6 Å². The topological polar surface area (TPSA) is 30.6 Å². The van der Waals surface area contributed by atoms with Crippen molar-refractivity contribution < 1.29 is 9.88 Å². The van der Waals surface area contributed by atoms with E-state index in [0.717, 1.165) is 10.5 Å². The van der Waals surface area contributed by atoms with Gasteiger partial charge in [-0.1, -0.05) is 11.6 Å². The second-order valence-corrected chi connectivity index (χ2v) is 6.41. The molecule has 0 saturated carbocycles. The smallest absolute Gasteiger partial charge is 0.214 e. The molecule has 120 valence electrons. The van der Waals surface area contributed by atoms with Crippen LogP contribution in [0.4, 0.5) is 5.69 Å². The number of benzene rings is 1. The lowest BCUT2D eigenvalue weighted by molar-refractivity contribution is -0.896. The molecule has 3 N–H and O–H groups in total. The molecule has 3 nitrogen and oxygen atoms in total. The molecule has 22 heavy (non-hydrogen) atoms. The number of rotatable bonds is 8. The normalized spacial score (nSPS) is 12.8. The van der Waals surface area contributed by atoms with E-state index in [2.05, 4.69) is 43.2 Å². The number of anilines is 1. The van der Waals surface area contributed by atoms with E-state index in [-0.39, 0.29) is 0 Å². The molecular weight excluding hydrogens is 294 g/mol. The average Bonchev–Trinajstić information content (AvgIpc) is 2.51. The lowest BCUT2D eigenvalue weighted by atomic mass is 10.1. The zero-order valence-electron chi connectivity index (χ0n) is 13.9. The summed E-state index contributed by atoms with van der Waals surface area (Å²) in [5, 5.41) is 5.59. The van der Waals surface area contributed by atoms with Gasteiger partial charge in [-0.3, -0.25) is 0 Å². The maximum Gasteiger partial charge on any atom is 0.214 e. The monoisotopic (exact) mass is 321 g/mol. The van der Waals surface area contributed by atoms with Crippen molar-refractivity contribution in [1.29, 1.82) is 0 Å². The second kappa shape index (κ2) is 8.35. The SMILES string of the molecule is CC[NH+](CC)CCC[C@H](C)Nc1cc[nH+]c2cc(Cl)ccc12. The minimum Gasteiger partial charge on any atom is -0.382 e. The van der Waals surface area contributed by atoms with E-state index in [4.69, 9.17) is 11.6 Å². The average molecular weight is 322 g/mol. The molecule has 0 aliphatic heterocycles. The van der Waals surface area contributed by atoms with E-state index in [1.807, 2.05) is 18.3 Å². The molecule has 0 saturated heterocycles. The Morgan fingerprint density at radius 3 is 2.73 bits per heavy atom. The lowest BCUT2D eigenvalue weighted by Crippen LogP contribution is -3.11. The van der Waals surface area contributed by atoms with Gasteiger partial charge in [0.15, 0.2) is 6.20 Å². The molecule has 0 unspecified atom stereocenters. The lowest BCUT2D eigenvalue weighted by Gasteiger charge is -2.18. The summed E-state index contributed by atoms with van der Waals surface area (Å²) in [7, 11) is 0. The van der Waals surface area contributed by atoms with Crippen LogP contribution in [0.2, 0.25) is 5.02 Å². The Bertz CT molecular complexity index is 596. The van der Waals surface area contributed by atoms with Crippen molar-refractivity contribution in [2.45, 2.75) is 39.7 Å². The fourth-order valence-electron chi connectivity index (χ4n) is 2.90. The van der Waals surface area contributed by atoms with Gasteiger partial charge >= 0.3 is 0 Å². The first-order valence-electron chi connectivity index (χ1n) is 8.34. The zero-order chi connectivity index (χ0) is 15.9. The van der Waals surface area contributed by atoms with Crippen LogP contribution in [-0.2, 0) is 0 Å². The van der Waals surface area contributed by atoms with Crippen LogP contribution in [0, 0.1) is 0 Å². The predicted molar refractivity (Wildman–Crippen MR) is 94.7 cm³/mol.